The summed E-state index contributed by atoms with van der Waals surface area (Å²) < 4.78 is 1.74. The van der Waals surface area contributed by atoms with E-state index < -0.39 is 5.97 Å². The standard InChI is InChI=1S/C11H15N3O2/c1-13-5-4-9-8(6-13)10(11(15)16)14(12-9)7-2-3-7/h7H,2-6H2,1H3,(H,15,16). The van der Waals surface area contributed by atoms with Crippen molar-refractivity contribution in [3.8, 4) is 0 Å². The maximum atomic E-state index is 11.3. The molecular weight excluding hydrogens is 206 g/mol. The Bertz CT molecular complexity index is 448. The second-order valence-electron chi connectivity index (χ2n) is 4.74. The summed E-state index contributed by atoms with van der Waals surface area (Å²) in [6.07, 6.45) is 3.00. The van der Waals surface area contributed by atoms with E-state index in [4.69, 9.17) is 0 Å². The molecule has 1 aliphatic heterocycles. The Morgan fingerprint density at radius 2 is 2.25 bits per heavy atom. The van der Waals surface area contributed by atoms with Gasteiger partial charge in [-0.1, -0.05) is 0 Å². The van der Waals surface area contributed by atoms with E-state index in [1.165, 1.54) is 0 Å². The van der Waals surface area contributed by atoms with Gasteiger partial charge in [0.05, 0.1) is 11.7 Å². The summed E-state index contributed by atoms with van der Waals surface area (Å²) in [7, 11) is 2.02. The molecular formula is C11H15N3O2. The van der Waals surface area contributed by atoms with Gasteiger partial charge in [-0.2, -0.15) is 5.10 Å². The highest BCUT2D eigenvalue weighted by atomic mass is 16.4. The molecule has 1 aromatic rings. The number of carboxylic acid groups (broad SMARTS) is 1. The first-order valence-corrected chi connectivity index (χ1v) is 5.69. The molecule has 0 aromatic carbocycles. The van der Waals surface area contributed by atoms with Gasteiger partial charge in [0.1, 0.15) is 0 Å². The van der Waals surface area contributed by atoms with Crippen LogP contribution in [0.25, 0.3) is 0 Å². The van der Waals surface area contributed by atoms with Gasteiger partial charge in [-0.25, -0.2) is 4.79 Å². The molecule has 3 rings (SSSR count). The van der Waals surface area contributed by atoms with E-state index in [1.54, 1.807) is 4.68 Å². The molecule has 2 heterocycles. The molecule has 0 spiro atoms. The van der Waals surface area contributed by atoms with Crippen LogP contribution < -0.4 is 0 Å². The third-order valence-corrected chi connectivity index (χ3v) is 3.35. The molecule has 0 amide bonds. The van der Waals surface area contributed by atoms with Crippen molar-refractivity contribution in [1.82, 2.24) is 14.7 Å². The minimum atomic E-state index is -0.837. The summed E-state index contributed by atoms with van der Waals surface area (Å²) in [5, 5.41) is 13.8. The molecule has 1 N–H and O–H groups in total. The lowest BCUT2D eigenvalue weighted by molar-refractivity contribution is 0.0680. The zero-order chi connectivity index (χ0) is 11.3. The van der Waals surface area contributed by atoms with E-state index in [0.717, 1.165) is 37.1 Å². The first kappa shape index (κ1) is 9.84. The van der Waals surface area contributed by atoms with Gasteiger partial charge in [-0.15, -0.1) is 0 Å². The highest BCUT2D eigenvalue weighted by Gasteiger charge is 2.34. The van der Waals surface area contributed by atoms with Crippen LogP contribution in [0.15, 0.2) is 0 Å². The fourth-order valence-corrected chi connectivity index (χ4v) is 2.34. The monoisotopic (exact) mass is 221 g/mol. The average molecular weight is 221 g/mol. The number of likely N-dealkylation sites (N-methyl/N-ethyl adjacent to an activating group) is 1. The number of carboxylic acids is 1. The molecule has 86 valence electrons. The molecule has 0 atom stereocenters. The van der Waals surface area contributed by atoms with Gasteiger partial charge >= 0.3 is 5.97 Å². The molecule has 0 bridgehead atoms. The summed E-state index contributed by atoms with van der Waals surface area (Å²) in [5.41, 5.74) is 2.33. The topological polar surface area (TPSA) is 58.4 Å². The minimum Gasteiger partial charge on any atom is -0.477 e. The van der Waals surface area contributed by atoms with Crippen molar-refractivity contribution in [2.75, 3.05) is 13.6 Å². The Balaban J connectivity index is 2.10. The Morgan fingerprint density at radius 3 is 2.88 bits per heavy atom. The highest BCUT2D eigenvalue weighted by Crippen LogP contribution is 2.37. The van der Waals surface area contributed by atoms with Crippen molar-refractivity contribution in [3.05, 3.63) is 17.0 Å². The molecule has 0 saturated heterocycles. The van der Waals surface area contributed by atoms with E-state index in [2.05, 4.69) is 10.00 Å². The number of nitrogens with zero attached hydrogens (tertiary/aromatic N) is 3. The van der Waals surface area contributed by atoms with Gasteiger partial charge < -0.3 is 10.0 Å². The molecule has 1 fully saturated rings. The maximum Gasteiger partial charge on any atom is 0.354 e. The van der Waals surface area contributed by atoms with E-state index >= 15 is 0 Å². The molecule has 0 unspecified atom stereocenters. The van der Waals surface area contributed by atoms with Gasteiger partial charge in [-0.3, -0.25) is 4.68 Å². The number of carbonyl (C=O) groups is 1. The quantitative estimate of drug-likeness (QED) is 0.806. The van der Waals surface area contributed by atoms with Crippen molar-refractivity contribution in [2.45, 2.75) is 31.8 Å². The summed E-state index contributed by atoms with van der Waals surface area (Å²) >= 11 is 0. The third-order valence-electron chi connectivity index (χ3n) is 3.35. The SMILES string of the molecule is CN1CCc2nn(C3CC3)c(C(=O)O)c2C1. The smallest absolute Gasteiger partial charge is 0.354 e. The molecule has 2 aliphatic rings. The predicted octanol–water partition coefficient (Wildman–Crippen LogP) is 0.904. The largest absolute Gasteiger partial charge is 0.477 e. The summed E-state index contributed by atoms with van der Waals surface area (Å²) in [6, 6.07) is 0.335. The second kappa shape index (κ2) is 3.31. The molecule has 5 nitrogen and oxygen atoms in total. The van der Waals surface area contributed by atoms with Gasteiger partial charge in [0.2, 0.25) is 0 Å². The summed E-state index contributed by atoms with van der Waals surface area (Å²) in [4.78, 5) is 13.5. The van der Waals surface area contributed by atoms with Crippen LogP contribution in [-0.4, -0.2) is 39.3 Å². The van der Waals surface area contributed by atoms with Crippen LogP contribution in [0.4, 0.5) is 0 Å². The van der Waals surface area contributed by atoms with Crippen LogP contribution >= 0.6 is 0 Å². The lowest BCUT2D eigenvalue weighted by Gasteiger charge is -2.21. The molecule has 16 heavy (non-hydrogen) atoms. The average Bonchev–Trinajstić information content (AvgIpc) is 2.99. The van der Waals surface area contributed by atoms with Crippen LogP contribution in [0.2, 0.25) is 0 Å². The predicted molar refractivity (Wildman–Crippen MR) is 57.5 cm³/mol. The van der Waals surface area contributed by atoms with Crippen molar-refractivity contribution in [2.24, 2.45) is 0 Å². The fourth-order valence-electron chi connectivity index (χ4n) is 2.34. The third kappa shape index (κ3) is 1.43. The van der Waals surface area contributed by atoms with Crippen molar-refractivity contribution >= 4 is 5.97 Å². The first-order chi connectivity index (χ1) is 7.66. The highest BCUT2D eigenvalue weighted by molar-refractivity contribution is 5.88. The number of aromatic nitrogens is 2. The van der Waals surface area contributed by atoms with E-state index in [-0.39, 0.29) is 0 Å². The van der Waals surface area contributed by atoms with E-state index in [0.29, 0.717) is 18.3 Å². The first-order valence-electron chi connectivity index (χ1n) is 5.69. The van der Waals surface area contributed by atoms with Crippen LogP contribution in [0, 0.1) is 0 Å². The van der Waals surface area contributed by atoms with Crippen LogP contribution in [0.1, 0.15) is 40.6 Å². The lowest BCUT2D eigenvalue weighted by atomic mass is 10.1. The second-order valence-corrected chi connectivity index (χ2v) is 4.74. The van der Waals surface area contributed by atoms with E-state index in [9.17, 15) is 9.90 Å². The van der Waals surface area contributed by atoms with Crippen LogP contribution in [0.3, 0.4) is 0 Å². The Hall–Kier alpha value is -1.36. The van der Waals surface area contributed by atoms with Crippen LogP contribution in [-0.2, 0) is 13.0 Å². The zero-order valence-corrected chi connectivity index (χ0v) is 9.31. The van der Waals surface area contributed by atoms with Gasteiger partial charge in [0.25, 0.3) is 0 Å². The lowest BCUT2D eigenvalue weighted by Crippen LogP contribution is -2.27. The molecule has 1 saturated carbocycles. The summed E-state index contributed by atoms with van der Waals surface area (Å²) in [6.45, 7) is 1.68. The number of hydrogen-bond donors (Lipinski definition) is 1. The Morgan fingerprint density at radius 1 is 1.50 bits per heavy atom. The molecule has 0 radical (unpaired) electrons. The molecule has 1 aliphatic carbocycles. The van der Waals surface area contributed by atoms with Crippen LogP contribution in [0.5, 0.6) is 0 Å². The van der Waals surface area contributed by atoms with Crippen molar-refractivity contribution in [3.63, 3.8) is 0 Å². The summed E-state index contributed by atoms with van der Waals surface area (Å²) in [5.74, 6) is -0.837. The number of fused-ring (bicyclic) bond motifs is 1. The van der Waals surface area contributed by atoms with Gasteiger partial charge in [0, 0.05) is 25.1 Å². The number of hydrogen-bond acceptors (Lipinski definition) is 3. The Labute approximate surface area is 93.7 Å². The normalized spacial score (nSPS) is 20.8. The maximum absolute atomic E-state index is 11.3. The van der Waals surface area contributed by atoms with Crippen molar-refractivity contribution < 1.29 is 9.90 Å². The number of rotatable bonds is 2. The minimum absolute atomic E-state index is 0.335. The number of aromatic carboxylic acids is 1. The van der Waals surface area contributed by atoms with Crippen molar-refractivity contribution in [1.29, 1.82) is 0 Å². The molecule has 1 aromatic heterocycles. The van der Waals surface area contributed by atoms with E-state index in [1.807, 2.05) is 7.05 Å². The zero-order valence-electron chi connectivity index (χ0n) is 9.31. The fraction of sp³-hybridized carbons (Fsp3) is 0.636. The molecule has 5 heteroatoms. The Kier molecular flexibility index (Phi) is 2.04. The van der Waals surface area contributed by atoms with Gasteiger partial charge in [0.15, 0.2) is 5.69 Å². The van der Waals surface area contributed by atoms with Gasteiger partial charge in [-0.05, 0) is 19.9 Å².